The van der Waals surface area contributed by atoms with Crippen LogP contribution in [0.15, 0.2) is 27.4 Å². The smallest absolute Gasteiger partial charge is 0.319 e. The maximum absolute atomic E-state index is 12.7. The molecular formula is C22H31ClN2O5S3. The van der Waals surface area contributed by atoms with E-state index in [-0.39, 0.29) is 29.7 Å². The summed E-state index contributed by atoms with van der Waals surface area (Å²) < 4.78 is 32.2. The topological polar surface area (TPSA) is 102 Å². The van der Waals surface area contributed by atoms with Gasteiger partial charge in [-0.1, -0.05) is 51.8 Å². The van der Waals surface area contributed by atoms with Crippen LogP contribution in [0, 0.1) is 5.92 Å². The summed E-state index contributed by atoms with van der Waals surface area (Å²) in [6.07, 6.45) is 4.79. The number of fused-ring (bicyclic) bond motifs is 1. The third-order valence-corrected chi connectivity index (χ3v) is 9.07. The summed E-state index contributed by atoms with van der Waals surface area (Å²) in [5.74, 6) is -0.0659. The quantitative estimate of drug-likeness (QED) is 0.152. The van der Waals surface area contributed by atoms with E-state index < -0.39 is 27.1 Å². The number of thioether (sulfide) groups is 1. The molecule has 2 rings (SSSR count). The van der Waals surface area contributed by atoms with Gasteiger partial charge < -0.3 is 4.74 Å². The molecule has 0 unspecified atom stereocenters. The Balaban J connectivity index is 1.87. The fraction of sp³-hybridized carbons (Fsp3) is 0.591. The van der Waals surface area contributed by atoms with E-state index in [1.165, 1.54) is 36.7 Å². The molecule has 0 spiro atoms. The van der Waals surface area contributed by atoms with Crippen molar-refractivity contribution in [3.8, 4) is 0 Å². The number of hydrogen-bond acceptors (Lipinski definition) is 9. The molecule has 1 aromatic heterocycles. The minimum atomic E-state index is -3.62. The molecule has 33 heavy (non-hydrogen) atoms. The first kappa shape index (κ1) is 28.0. The van der Waals surface area contributed by atoms with Gasteiger partial charge in [-0.25, -0.2) is 13.4 Å². The molecule has 0 saturated carbocycles. The fourth-order valence-corrected chi connectivity index (χ4v) is 6.72. The highest BCUT2D eigenvalue weighted by Crippen LogP contribution is 2.31. The summed E-state index contributed by atoms with van der Waals surface area (Å²) in [5.41, 5.74) is 0.779. The van der Waals surface area contributed by atoms with Crippen molar-refractivity contribution >= 4 is 66.0 Å². The number of carbonyl (C=O) groups is 2. The summed E-state index contributed by atoms with van der Waals surface area (Å²) >= 11 is 8.69. The number of carbonyl (C=O) groups excluding carboxylic acids is 2. The first-order chi connectivity index (χ1) is 15.6. The SMILES string of the molecule is CCCCCCSc1nc2ccc(S(=O)(=O)CCOC(=O)CN[C@@H](C(=O)Cl)C(C)C)cc2s1. The van der Waals surface area contributed by atoms with Crippen LogP contribution in [0.3, 0.4) is 0 Å². The average Bonchev–Trinajstić information content (AvgIpc) is 3.15. The van der Waals surface area contributed by atoms with Crippen LogP contribution in [0.4, 0.5) is 0 Å². The van der Waals surface area contributed by atoms with Crippen molar-refractivity contribution in [3.63, 3.8) is 0 Å². The van der Waals surface area contributed by atoms with Crippen molar-refractivity contribution in [3.05, 3.63) is 18.2 Å². The first-order valence-electron chi connectivity index (χ1n) is 11.0. The summed E-state index contributed by atoms with van der Waals surface area (Å²) in [6, 6.07) is 4.21. The highest BCUT2D eigenvalue weighted by molar-refractivity contribution is 8.01. The molecule has 1 aromatic carbocycles. The second-order valence-corrected chi connectivity index (χ2v) is 12.8. The Labute approximate surface area is 208 Å². The monoisotopic (exact) mass is 534 g/mol. The molecule has 1 N–H and O–H groups in total. The number of aromatic nitrogens is 1. The lowest BCUT2D eigenvalue weighted by Crippen LogP contribution is -2.42. The molecule has 0 aliphatic rings. The molecular weight excluding hydrogens is 504 g/mol. The molecule has 0 radical (unpaired) electrons. The lowest BCUT2D eigenvalue weighted by molar-refractivity contribution is -0.142. The van der Waals surface area contributed by atoms with Gasteiger partial charge in [0.25, 0.3) is 0 Å². The molecule has 0 saturated heterocycles. The number of nitrogens with one attached hydrogen (secondary N) is 1. The van der Waals surface area contributed by atoms with E-state index in [1.54, 1.807) is 37.7 Å². The maximum Gasteiger partial charge on any atom is 0.319 e. The van der Waals surface area contributed by atoms with Gasteiger partial charge in [0.1, 0.15) is 6.61 Å². The van der Waals surface area contributed by atoms with Gasteiger partial charge in [0.05, 0.1) is 33.5 Å². The zero-order chi connectivity index (χ0) is 24.4. The zero-order valence-corrected chi connectivity index (χ0v) is 22.3. The predicted molar refractivity (Wildman–Crippen MR) is 135 cm³/mol. The van der Waals surface area contributed by atoms with E-state index in [4.69, 9.17) is 16.3 Å². The van der Waals surface area contributed by atoms with Gasteiger partial charge in [0, 0.05) is 5.75 Å². The molecule has 0 fully saturated rings. The Morgan fingerprint density at radius 2 is 2.00 bits per heavy atom. The van der Waals surface area contributed by atoms with Crippen molar-refractivity contribution in [2.75, 3.05) is 24.7 Å². The van der Waals surface area contributed by atoms with Gasteiger partial charge in [-0.2, -0.15) is 0 Å². The van der Waals surface area contributed by atoms with Crippen LogP contribution >= 0.6 is 34.7 Å². The Bertz CT molecular complexity index is 1040. The minimum Gasteiger partial charge on any atom is -0.464 e. The number of benzene rings is 1. The van der Waals surface area contributed by atoms with E-state index in [1.807, 2.05) is 0 Å². The van der Waals surface area contributed by atoms with Crippen molar-refractivity contribution in [1.82, 2.24) is 10.3 Å². The van der Waals surface area contributed by atoms with Crippen LogP contribution in [-0.4, -0.2) is 55.3 Å². The Hall–Kier alpha value is -1.20. The highest BCUT2D eigenvalue weighted by atomic mass is 35.5. The van der Waals surface area contributed by atoms with Gasteiger partial charge in [-0.05, 0) is 42.1 Å². The number of thiazole rings is 1. The van der Waals surface area contributed by atoms with Gasteiger partial charge in [-0.15, -0.1) is 11.3 Å². The van der Waals surface area contributed by atoms with Crippen molar-refractivity contribution in [1.29, 1.82) is 0 Å². The van der Waals surface area contributed by atoms with Crippen molar-refractivity contribution in [2.45, 2.75) is 61.7 Å². The standard InChI is InChI=1S/C22H31ClN2O5S3/c1-4-5-6-7-11-31-22-25-17-9-8-16(13-18(17)32-22)33(28,29)12-10-30-19(26)14-24-20(15(2)3)21(23)27/h8-9,13,15,20,24H,4-7,10-12,14H2,1-3H3/t20-/m1/s1. The Morgan fingerprint density at radius 3 is 2.67 bits per heavy atom. The van der Waals surface area contributed by atoms with Crippen LogP contribution in [0.1, 0.15) is 46.5 Å². The van der Waals surface area contributed by atoms with Crippen LogP contribution in [-0.2, 0) is 24.2 Å². The van der Waals surface area contributed by atoms with E-state index in [0.717, 1.165) is 26.7 Å². The van der Waals surface area contributed by atoms with E-state index in [2.05, 4.69) is 17.2 Å². The lowest BCUT2D eigenvalue weighted by Gasteiger charge is -2.17. The molecule has 11 heteroatoms. The van der Waals surface area contributed by atoms with E-state index in [9.17, 15) is 18.0 Å². The Morgan fingerprint density at radius 1 is 1.24 bits per heavy atom. The Kier molecular flexibility index (Phi) is 11.6. The molecule has 2 aromatic rings. The highest BCUT2D eigenvalue weighted by Gasteiger charge is 2.21. The number of rotatable bonds is 15. The second kappa shape index (κ2) is 13.6. The molecule has 0 aliphatic carbocycles. The second-order valence-electron chi connectivity index (χ2n) is 7.96. The molecule has 7 nitrogen and oxygen atoms in total. The third-order valence-electron chi connectivity index (χ3n) is 4.92. The van der Waals surface area contributed by atoms with Crippen LogP contribution in [0.5, 0.6) is 0 Å². The minimum absolute atomic E-state index is 0.0928. The number of ether oxygens (including phenoxy) is 1. The van der Waals surface area contributed by atoms with E-state index in [0.29, 0.717) is 0 Å². The lowest BCUT2D eigenvalue weighted by atomic mass is 10.1. The largest absolute Gasteiger partial charge is 0.464 e. The zero-order valence-electron chi connectivity index (χ0n) is 19.1. The van der Waals surface area contributed by atoms with Gasteiger partial charge >= 0.3 is 5.97 Å². The van der Waals surface area contributed by atoms with Crippen LogP contribution in [0.25, 0.3) is 10.2 Å². The number of nitrogens with zero attached hydrogens (tertiary/aromatic N) is 1. The van der Waals surface area contributed by atoms with E-state index >= 15 is 0 Å². The van der Waals surface area contributed by atoms with Gasteiger partial charge in [-0.3, -0.25) is 14.9 Å². The van der Waals surface area contributed by atoms with Crippen molar-refractivity contribution in [2.24, 2.45) is 5.92 Å². The number of hydrogen-bond donors (Lipinski definition) is 1. The van der Waals surface area contributed by atoms with Gasteiger partial charge in [0.2, 0.25) is 5.24 Å². The van der Waals surface area contributed by atoms with Gasteiger partial charge in [0.15, 0.2) is 14.2 Å². The average molecular weight is 535 g/mol. The number of esters is 1. The summed E-state index contributed by atoms with van der Waals surface area (Å²) in [7, 11) is -3.62. The third kappa shape index (κ3) is 9.16. The van der Waals surface area contributed by atoms with Crippen LogP contribution < -0.4 is 5.32 Å². The normalized spacial score (nSPS) is 12.9. The summed E-state index contributed by atoms with van der Waals surface area (Å²) in [4.78, 5) is 28.0. The summed E-state index contributed by atoms with van der Waals surface area (Å²) in [6.45, 7) is 5.27. The number of halogens is 1. The number of unbranched alkanes of at least 4 members (excludes halogenated alkanes) is 3. The molecule has 1 atom stereocenters. The van der Waals surface area contributed by atoms with Crippen molar-refractivity contribution < 1.29 is 22.7 Å². The molecule has 0 bridgehead atoms. The van der Waals surface area contributed by atoms with Crippen LogP contribution in [0.2, 0.25) is 0 Å². The molecule has 1 heterocycles. The summed E-state index contributed by atoms with van der Waals surface area (Å²) in [5, 5.41) is 2.15. The molecule has 0 amide bonds. The fourth-order valence-electron chi connectivity index (χ4n) is 3.03. The first-order valence-corrected chi connectivity index (χ1v) is 14.8. The maximum atomic E-state index is 12.7. The predicted octanol–water partition coefficient (Wildman–Crippen LogP) is 4.67. The number of sulfone groups is 1. The molecule has 0 aliphatic heterocycles. The molecule has 184 valence electrons.